The third-order valence-corrected chi connectivity index (χ3v) is 4.13. The molecule has 1 aliphatic carbocycles. The van der Waals surface area contributed by atoms with Crippen molar-refractivity contribution in [2.75, 3.05) is 20.7 Å². The van der Waals surface area contributed by atoms with Crippen LogP contribution in [0.15, 0.2) is 18.2 Å². The number of likely N-dealkylation sites (tertiary alicyclic amines) is 1. The van der Waals surface area contributed by atoms with Gasteiger partial charge in [-0.05, 0) is 36.0 Å². The molecule has 1 saturated heterocycles. The van der Waals surface area contributed by atoms with Crippen molar-refractivity contribution in [3.63, 3.8) is 0 Å². The second kappa shape index (κ2) is 3.76. The van der Waals surface area contributed by atoms with E-state index in [1.165, 1.54) is 11.1 Å². The average molecular weight is 231 g/mol. The molecule has 0 saturated carbocycles. The molecule has 1 amide bonds. The number of carbonyl (C=O) groups is 1. The molecule has 90 valence electrons. The fourth-order valence-corrected chi connectivity index (χ4v) is 3.24. The predicted molar refractivity (Wildman–Crippen MR) is 65.0 cm³/mol. The smallest absolute Gasteiger partial charge is 0.226 e. The van der Waals surface area contributed by atoms with E-state index in [0.29, 0.717) is 11.8 Å². The van der Waals surface area contributed by atoms with Crippen LogP contribution in [-0.2, 0) is 17.6 Å². The Hall–Kier alpha value is -1.51. The van der Waals surface area contributed by atoms with Crippen LogP contribution in [0.5, 0.6) is 5.75 Å². The van der Waals surface area contributed by atoms with Crippen LogP contribution in [-0.4, -0.2) is 31.5 Å². The summed E-state index contributed by atoms with van der Waals surface area (Å²) in [6, 6.07) is 6.15. The monoisotopic (exact) mass is 231 g/mol. The summed E-state index contributed by atoms with van der Waals surface area (Å²) in [4.78, 5) is 13.9. The first-order valence-corrected chi connectivity index (χ1v) is 6.10. The van der Waals surface area contributed by atoms with Gasteiger partial charge in [-0.1, -0.05) is 12.1 Å². The number of benzene rings is 1. The summed E-state index contributed by atoms with van der Waals surface area (Å²) in [5.41, 5.74) is 2.59. The number of fused-ring (bicyclic) bond motifs is 2. The molecule has 0 aromatic heterocycles. The number of rotatable bonds is 1. The summed E-state index contributed by atoms with van der Waals surface area (Å²) < 4.78 is 5.42. The molecule has 3 rings (SSSR count). The molecule has 2 aliphatic rings. The highest BCUT2D eigenvalue weighted by atomic mass is 16.5. The Labute approximate surface area is 101 Å². The fourth-order valence-electron chi connectivity index (χ4n) is 3.24. The van der Waals surface area contributed by atoms with E-state index in [0.717, 1.165) is 25.1 Å². The van der Waals surface area contributed by atoms with E-state index in [1.54, 1.807) is 7.11 Å². The lowest BCUT2D eigenvalue weighted by atomic mass is 9.77. The van der Waals surface area contributed by atoms with E-state index in [-0.39, 0.29) is 5.92 Å². The molecular formula is C14H17NO2. The van der Waals surface area contributed by atoms with Gasteiger partial charge in [0.05, 0.1) is 7.11 Å². The number of carbonyl (C=O) groups excluding carboxylic acids is 1. The first-order valence-electron chi connectivity index (χ1n) is 6.10. The SMILES string of the molecule is COc1cccc2c1CC1CN(C)C(=O)C1C2. The Bertz CT molecular complexity index is 469. The fraction of sp³-hybridized carbons (Fsp3) is 0.500. The molecular weight excluding hydrogens is 214 g/mol. The van der Waals surface area contributed by atoms with Gasteiger partial charge < -0.3 is 9.64 Å². The van der Waals surface area contributed by atoms with Gasteiger partial charge in [-0.2, -0.15) is 0 Å². The van der Waals surface area contributed by atoms with Crippen LogP contribution in [0, 0.1) is 11.8 Å². The quantitative estimate of drug-likeness (QED) is 0.733. The summed E-state index contributed by atoms with van der Waals surface area (Å²) >= 11 is 0. The lowest BCUT2D eigenvalue weighted by molar-refractivity contribution is -0.130. The number of hydrogen-bond donors (Lipinski definition) is 0. The Balaban J connectivity index is 1.99. The van der Waals surface area contributed by atoms with Crippen molar-refractivity contribution in [1.29, 1.82) is 0 Å². The minimum absolute atomic E-state index is 0.194. The minimum atomic E-state index is 0.194. The topological polar surface area (TPSA) is 29.5 Å². The summed E-state index contributed by atoms with van der Waals surface area (Å²) in [5.74, 6) is 1.95. The normalized spacial score (nSPS) is 26.7. The molecule has 2 atom stereocenters. The van der Waals surface area contributed by atoms with Crippen LogP contribution in [0.3, 0.4) is 0 Å². The Morgan fingerprint density at radius 1 is 1.35 bits per heavy atom. The summed E-state index contributed by atoms with van der Waals surface area (Å²) in [6.45, 7) is 0.890. The second-order valence-electron chi connectivity index (χ2n) is 5.09. The summed E-state index contributed by atoms with van der Waals surface area (Å²) in [7, 11) is 3.62. The molecule has 3 nitrogen and oxygen atoms in total. The van der Waals surface area contributed by atoms with E-state index >= 15 is 0 Å². The maximum atomic E-state index is 12.0. The average Bonchev–Trinajstić information content (AvgIpc) is 2.62. The van der Waals surface area contributed by atoms with Gasteiger partial charge in [0.2, 0.25) is 5.91 Å². The highest BCUT2D eigenvalue weighted by Gasteiger charge is 2.42. The minimum Gasteiger partial charge on any atom is -0.496 e. The van der Waals surface area contributed by atoms with Gasteiger partial charge in [0.25, 0.3) is 0 Å². The molecule has 1 aliphatic heterocycles. The van der Waals surface area contributed by atoms with Crippen molar-refractivity contribution in [1.82, 2.24) is 4.90 Å². The maximum absolute atomic E-state index is 12.0. The zero-order chi connectivity index (χ0) is 12.0. The molecule has 1 aromatic rings. The van der Waals surface area contributed by atoms with E-state index in [4.69, 9.17) is 4.74 Å². The number of amides is 1. The molecule has 1 aromatic carbocycles. The van der Waals surface area contributed by atoms with Crippen LogP contribution in [0.2, 0.25) is 0 Å². The standard InChI is InChI=1S/C14H17NO2/c1-15-8-10-7-11-9(6-12(10)14(15)16)4-3-5-13(11)17-2/h3-5,10,12H,6-8H2,1-2H3. The van der Waals surface area contributed by atoms with E-state index in [1.807, 2.05) is 24.1 Å². The van der Waals surface area contributed by atoms with Crippen LogP contribution >= 0.6 is 0 Å². The molecule has 17 heavy (non-hydrogen) atoms. The third kappa shape index (κ3) is 1.53. The van der Waals surface area contributed by atoms with Gasteiger partial charge in [-0.3, -0.25) is 4.79 Å². The molecule has 1 heterocycles. The first-order chi connectivity index (χ1) is 8.20. The molecule has 0 N–H and O–H groups in total. The zero-order valence-electron chi connectivity index (χ0n) is 10.3. The van der Waals surface area contributed by atoms with Gasteiger partial charge in [-0.25, -0.2) is 0 Å². The summed E-state index contributed by atoms with van der Waals surface area (Å²) in [6.07, 6.45) is 1.85. The maximum Gasteiger partial charge on any atom is 0.226 e. The largest absolute Gasteiger partial charge is 0.496 e. The lowest BCUT2D eigenvalue weighted by Crippen LogP contribution is -2.27. The molecule has 0 spiro atoms. The molecule has 1 fully saturated rings. The number of methoxy groups -OCH3 is 1. The van der Waals surface area contributed by atoms with Crippen molar-refractivity contribution in [3.8, 4) is 5.75 Å². The van der Waals surface area contributed by atoms with Crippen molar-refractivity contribution in [2.24, 2.45) is 11.8 Å². The van der Waals surface area contributed by atoms with E-state index in [2.05, 4.69) is 6.07 Å². The van der Waals surface area contributed by atoms with E-state index in [9.17, 15) is 4.79 Å². The van der Waals surface area contributed by atoms with Crippen molar-refractivity contribution < 1.29 is 9.53 Å². The highest BCUT2D eigenvalue weighted by Crippen LogP contribution is 2.39. The number of ether oxygens (including phenoxy) is 1. The zero-order valence-corrected chi connectivity index (χ0v) is 10.3. The van der Waals surface area contributed by atoms with Crippen LogP contribution < -0.4 is 4.74 Å². The van der Waals surface area contributed by atoms with Gasteiger partial charge in [0.15, 0.2) is 0 Å². The van der Waals surface area contributed by atoms with Gasteiger partial charge in [-0.15, -0.1) is 0 Å². The van der Waals surface area contributed by atoms with Gasteiger partial charge >= 0.3 is 0 Å². The first kappa shape index (κ1) is 10.6. The van der Waals surface area contributed by atoms with Gasteiger partial charge in [0, 0.05) is 19.5 Å². The number of nitrogens with zero attached hydrogens (tertiary/aromatic N) is 1. The van der Waals surface area contributed by atoms with Crippen molar-refractivity contribution >= 4 is 5.91 Å². The van der Waals surface area contributed by atoms with Crippen LogP contribution in [0.25, 0.3) is 0 Å². The number of hydrogen-bond acceptors (Lipinski definition) is 2. The molecule has 0 radical (unpaired) electrons. The Kier molecular flexibility index (Phi) is 2.35. The second-order valence-corrected chi connectivity index (χ2v) is 5.09. The summed E-state index contributed by atoms with van der Waals surface area (Å²) in [5, 5.41) is 0. The highest BCUT2D eigenvalue weighted by molar-refractivity contribution is 5.82. The van der Waals surface area contributed by atoms with Crippen molar-refractivity contribution in [3.05, 3.63) is 29.3 Å². The molecule has 3 heteroatoms. The predicted octanol–water partition coefficient (Wildman–Crippen LogP) is 1.50. The van der Waals surface area contributed by atoms with Crippen molar-refractivity contribution in [2.45, 2.75) is 12.8 Å². The Morgan fingerprint density at radius 2 is 2.18 bits per heavy atom. The Morgan fingerprint density at radius 3 is 2.94 bits per heavy atom. The van der Waals surface area contributed by atoms with Crippen LogP contribution in [0.1, 0.15) is 11.1 Å². The van der Waals surface area contributed by atoms with Crippen LogP contribution in [0.4, 0.5) is 0 Å². The third-order valence-electron chi connectivity index (χ3n) is 4.13. The lowest BCUT2D eigenvalue weighted by Gasteiger charge is -2.26. The molecule has 2 unspecified atom stereocenters. The molecule has 0 bridgehead atoms. The van der Waals surface area contributed by atoms with E-state index < -0.39 is 0 Å². The van der Waals surface area contributed by atoms with Gasteiger partial charge in [0.1, 0.15) is 5.75 Å².